The van der Waals surface area contributed by atoms with Gasteiger partial charge in [0.2, 0.25) is 5.16 Å². The number of thioether (sulfide) groups is 1. The van der Waals surface area contributed by atoms with Gasteiger partial charge in [-0.05, 0) is 42.3 Å². The number of hydrogen-bond donors (Lipinski definition) is 1. The highest BCUT2D eigenvalue weighted by Gasteiger charge is 2.09. The van der Waals surface area contributed by atoms with Crippen molar-refractivity contribution in [3.63, 3.8) is 0 Å². The maximum Gasteiger partial charge on any atom is 0.335 e. The largest absolute Gasteiger partial charge is 0.478 e. The number of aromatic carboxylic acids is 1. The normalized spacial score (nSPS) is 11.2. The van der Waals surface area contributed by atoms with E-state index in [1.807, 2.05) is 19.1 Å². The second-order valence-electron chi connectivity index (χ2n) is 5.43. The van der Waals surface area contributed by atoms with E-state index in [0.29, 0.717) is 11.0 Å². The lowest BCUT2D eigenvalue weighted by Crippen LogP contribution is -1.98. The highest BCUT2D eigenvalue weighted by atomic mass is 79.9. The molecule has 0 spiro atoms. The smallest absolute Gasteiger partial charge is 0.335 e. The summed E-state index contributed by atoms with van der Waals surface area (Å²) >= 11 is 4.98. The van der Waals surface area contributed by atoms with Gasteiger partial charge in [-0.1, -0.05) is 52.0 Å². The van der Waals surface area contributed by atoms with Crippen molar-refractivity contribution >= 4 is 39.9 Å². The molecule has 8 heteroatoms. The molecule has 0 aliphatic carbocycles. The lowest BCUT2D eigenvalue weighted by atomic mass is 10.1. The van der Waals surface area contributed by atoms with Gasteiger partial charge >= 0.3 is 5.97 Å². The molecule has 0 bridgehead atoms. The molecule has 1 heterocycles. The standard InChI is InChI=1S/C18H15BrN4O2S/c1-12-21-22-18(26-11-14-4-8-16(19)9-5-14)23(12)20-10-13-2-6-15(7-3-13)17(24)25/h2-10H,11H2,1H3,(H,24,25)/b20-10-. The average Bonchev–Trinajstić information content (AvgIpc) is 2.99. The summed E-state index contributed by atoms with van der Waals surface area (Å²) in [6.07, 6.45) is 1.66. The molecule has 0 fully saturated rings. The third kappa shape index (κ3) is 4.59. The highest BCUT2D eigenvalue weighted by Crippen LogP contribution is 2.22. The molecule has 0 amide bonds. The molecule has 0 aliphatic heterocycles. The van der Waals surface area contributed by atoms with Gasteiger partial charge in [-0.3, -0.25) is 0 Å². The molecule has 0 radical (unpaired) electrons. The second kappa shape index (κ2) is 8.29. The van der Waals surface area contributed by atoms with E-state index in [1.165, 1.54) is 5.56 Å². The van der Waals surface area contributed by atoms with Crippen LogP contribution in [0, 0.1) is 6.92 Å². The number of hydrogen-bond acceptors (Lipinski definition) is 5. The second-order valence-corrected chi connectivity index (χ2v) is 7.29. The fourth-order valence-corrected chi connectivity index (χ4v) is 3.28. The number of aromatic nitrogens is 3. The fourth-order valence-electron chi connectivity index (χ4n) is 2.13. The van der Waals surface area contributed by atoms with Gasteiger partial charge in [0.1, 0.15) is 0 Å². The molecule has 6 nitrogen and oxygen atoms in total. The molecule has 26 heavy (non-hydrogen) atoms. The van der Waals surface area contributed by atoms with E-state index in [2.05, 4.69) is 43.4 Å². The van der Waals surface area contributed by atoms with Crippen LogP contribution in [0.15, 0.2) is 63.3 Å². The Morgan fingerprint density at radius 2 is 1.88 bits per heavy atom. The molecule has 0 aliphatic rings. The van der Waals surface area contributed by atoms with Gasteiger partial charge < -0.3 is 5.11 Å². The minimum atomic E-state index is -0.949. The van der Waals surface area contributed by atoms with Crippen molar-refractivity contribution in [2.75, 3.05) is 0 Å². The van der Waals surface area contributed by atoms with E-state index in [-0.39, 0.29) is 5.56 Å². The Morgan fingerprint density at radius 1 is 1.19 bits per heavy atom. The van der Waals surface area contributed by atoms with Gasteiger partial charge in [-0.2, -0.15) is 9.78 Å². The lowest BCUT2D eigenvalue weighted by Gasteiger charge is -2.03. The zero-order valence-electron chi connectivity index (χ0n) is 13.8. The predicted molar refractivity (Wildman–Crippen MR) is 105 cm³/mol. The van der Waals surface area contributed by atoms with Gasteiger partial charge in [0.25, 0.3) is 0 Å². The van der Waals surface area contributed by atoms with Crippen molar-refractivity contribution in [3.05, 3.63) is 75.5 Å². The maximum atomic E-state index is 10.9. The first-order valence-corrected chi connectivity index (χ1v) is 9.48. The van der Waals surface area contributed by atoms with E-state index < -0.39 is 5.97 Å². The van der Waals surface area contributed by atoms with E-state index in [1.54, 1.807) is 46.9 Å². The molecular formula is C18H15BrN4O2S. The Kier molecular flexibility index (Phi) is 5.85. The zero-order chi connectivity index (χ0) is 18.5. The monoisotopic (exact) mass is 430 g/mol. The Bertz CT molecular complexity index is 937. The van der Waals surface area contributed by atoms with E-state index in [4.69, 9.17) is 5.11 Å². The summed E-state index contributed by atoms with van der Waals surface area (Å²) in [6, 6.07) is 14.6. The Balaban J connectivity index is 1.72. The first kappa shape index (κ1) is 18.3. The number of aryl methyl sites for hydroxylation is 1. The number of carboxylic acids is 1. The third-order valence-corrected chi connectivity index (χ3v) is 5.05. The fraction of sp³-hybridized carbons (Fsp3) is 0.111. The molecule has 1 N–H and O–H groups in total. The summed E-state index contributed by atoms with van der Waals surface area (Å²) in [5.41, 5.74) is 2.22. The third-order valence-electron chi connectivity index (χ3n) is 3.53. The summed E-state index contributed by atoms with van der Waals surface area (Å²) in [7, 11) is 0. The molecule has 2 aromatic carbocycles. The van der Waals surface area contributed by atoms with E-state index in [0.717, 1.165) is 15.8 Å². The van der Waals surface area contributed by atoms with Crippen LogP contribution in [0.25, 0.3) is 0 Å². The van der Waals surface area contributed by atoms with Crippen molar-refractivity contribution in [1.82, 2.24) is 14.9 Å². The van der Waals surface area contributed by atoms with Crippen LogP contribution in [0.1, 0.15) is 27.3 Å². The number of benzene rings is 2. The Hall–Kier alpha value is -2.45. The molecule has 132 valence electrons. The minimum Gasteiger partial charge on any atom is -0.478 e. The zero-order valence-corrected chi connectivity index (χ0v) is 16.2. The van der Waals surface area contributed by atoms with Crippen molar-refractivity contribution in [2.45, 2.75) is 17.8 Å². The van der Waals surface area contributed by atoms with Crippen molar-refractivity contribution in [3.8, 4) is 0 Å². The molecule has 0 unspecified atom stereocenters. The first-order chi connectivity index (χ1) is 12.5. The van der Waals surface area contributed by atoms with Crippen molar-refractivity contribution in [2.24, 2.45) is 5.10 Å². The average molecular weight is 431 g/mol. The van der Waals surface area contributed by atoms with Crippen LogP contribution in [0.3, 0.4) is 0 Å². The van der Waals surface area contributed by atoms with Crippen LogP contribution in [-0.4, -0.2) is 32.2 Å². The van der Waals surface area contributed by atoms with Crippen molar-refractivity contribution in [1.29, 1.82) is 0 Å². The van der Waals surface area contributed by atoms with Crippen LogP contribution in [0.5, 0.6) is 0 Å². The topological polar surface area (TPSA) is 80.4 Å². The molecule has 3 aromatic rings. The molecule has 0 saturated heterocycles. The predicted octanol–water partition coefficient (Wildman–Crippen LogP) is 4.22. The Morgan fingerprint density at radius 3 is 2.54 bits per heavy atom. The summed E-state index contributed by atoms with van der Waals surface area (Å²) in [5.74, 6) is 0.491. The van der Waals surface area contributed by atoms with Crippen LogP contribution >= 0.6 is 27.7 Å². The van der Waals surface area contributed by atoms with Crippen LogP contribution in [0.4, 0.5) is 0 Å². The number of carboxylic acid groups (broad SMARTS) is 1. The van der Waals surface area contributed by atoms with Gasteiger partial charge in [0.05, 0.1) is 11.8 Å². The lowest BCUT2D eigenvalue weighted by molar-refractivity contribution is 0.0697. The molecule has 1 aromatic heterocycles. The number of carbonyl (C=O) groups is 1. The van der Waals surface area contributed by atoms with Crippen LogP contribution in [0.2, 0.25) is 0 Å². The molecule has 0 saturated carbocycles. The molecule has 0 atom stereocenters. The van der Waals surface area contributed by atoms with Gasteiger partial charge in [0.15, 0.2) is 5.82 Å². The molecule has 3 rings (SSSR count). The van der Waals surface area contributed by atoms with Crippen LogP contribution in [-0.2, 0) is 5.75 Å². The highest BCUT2D eigenvalue weighted by molar-refractivity contribution is 9.10. The maximum absolute atomic E-state index is 10.9. The van der Waals surface area contributed by atoms with E-state index in [9.17, 15) is 4.79 Å². The van der Waals surface area contributed by atoms with Gasteiger partial charge in [-0.15, -0.1) is 10.2 Å². The quantitative estimate of drug-likeness (QED) is 0.467. The van der Waals surface area contributed by atoms with Gasteiger partial charge in [0, 0.05) is 10.2 Å². The molecular weight excluding hydrogens is 416 g/mol. The Labute approximate surface area is 163 Å². The first-order valence-electron chi connectivity index (χ1n) is 7.70. The summed E-state index contributed by atoms with van der Waals surface area (Å²) in [5, 5.41) is 22.3. The van der Waals surface area contributed by atoms with Crippen LogP contribution < -0.4 is 0 Å². The minimum absolute atomic E-state index is 0.244. The SMILES string of the molecule is Cc1nnc(SCc2ccc(Br)cc2)n1/N=C\c1ccc(C(=O)O)cc1. The number of nitrogens with zero attached hydrogens (tertiary/aromatic N) is 4. The number of rotatable bonds is 6. The van der Waals surface area contributed by atoms with Crippen molar-refractivity contribution < 1.29 is 9.90 Å². The number of halogens is 1. The summed E-state index contributed by atoms with van der Waals surface area (Å²) in [6.45, 7) is 1.83. The summed E-state index contributed by atoms with van der Waals surface area (Å²) < 4.78 is 2.72. The van der Waals surface area contributed by atoms with Gasteiger partial charge in [-0.25, -0.2) is 4.79 Å². The summed E-state index contributed by atoms with van der Waals surface area (Å²) in [4.78, 5) is 10.9. The van der Waals surface area contributed by atoms with E-state index >= 15 is 0 Å².